The molecular formula is C10H17N3O2. The first-order valence-electron chi connectivity index (χ1n) is 4.79. The quantitative estimate of drug-likeness (QED) is 0.543. The third-order valence-corrected chi connectivity index (χ3v) is 2.27. The number of rotatable bonds is 4. The highest BCUT2D eigenvalue weighted by Crippen LogP contribution is 2.20. The molecule has 0 saturated carbocycles. The fourth-order valence-electron chi connectivity index (χ4n) is 1.43. The Hall–Kier alpha value is -1.17. The minimum absolute atomic E-state index is 0.324. The Kier molecular flexibility index (Phi) is 4.02. The normalized spacial score (nSPS) is 14.9. The first-order chi connectivity index (χ1) is 7.06. The van der Waals surface area contributed by atoms with E-state index in [1.165, 1.54) is 6.20 Å². The van der Waals surface area contributed by atoms with Crippen molar-refractivity contribution in [3.05, 3.63) is 23.4 Å². The van der Waals surface area contributed by atoms with Crippen LogP contribution in [-0.2, 0) is 0 Å². The Morgan fingerprint density at radius 3 is 2.73 bits per heavy atom. The number of anilines is 1. The number of aliphatic hydroxyl groups excluding tert-OH is 2. The van der Waals surface area contributed by atoms with Gasteiger partial charge < -0.3 is 21.3 Å². The zero-order valence-corrected chi connectivity index (χ0v) is 8.94. The summed E-state index contributed by atoms with van der Waals surface area (Å²) in [4.78, 5) is 3.89. The number of nitrogens with one attached hydrogen (secondary N) is 1. The molecule has 0 radical (unpaired) electrons. The van der Waals surface area contributed by atoms with E-state index < -0.39 is 12.2 Å². The van der Waals surface area contributed by atoms with Crippen LogP contribution in [0.25, 0.3) is 0 Å². The second kappa shape index (κ2) is 5.06. The summed E-state index contributed by atoms with van der Waals surface area (Å²) in [5.41, 5.74) is 6.92. The van der Waals surface area contributed by atoms with E-state index in [4.69, 9.17) is 5.73 Å². The van der Waals surface area contributed by atoms with Gasteiger partial charge in [-0.05, 0) is 25.6 Å². The number of aryl methyl sites for hydroxylation is 1. The third kappa shape index (κ3) is 2.89. The molecule has 0 spiro atoms. The molecule has 1 heterocycles. The molecule has 2 unspecified atom stereocenters. The average molecular weight is 211 g/mol. The molecule has 0 aliphatic rings. The molecule has 0 aliphatic carbocycles. The Morgan fingerprint density at radius 2 is 2.20 bits per heavy atom. The molecule has 0 aromatic carbocycles. The maximum Gasteiger partial charge on any atom is 0.123 e. The summed E-state index contributed by atoms with van der Waals surface area (Å²) in [7, 11) is 1.71. The highest BCUT2D eigenvalue weighted by atomic mass is 16.3. The highest BCUT2D eigenvalue weighted by Gasteiger charge is 2.19. The first-order valence-corrected chi connectivity index (χ1v) is 4.79. The smallest absolute Gasteiger partial charge is 0.123 e. The van der Waals surface area contributed by atoms with Crippen molar-refractivity contribution in [2.45, 2.75) is 19.1 Å². The molecule has 0 saturated heterocycles. The van der Waals surface area contributed by atoms with E-state index in [0.29, 0.717) is 17.9 Å². The molecule has 1 rings (SSSR count). The van der Waals surface area contributed by atoms with Crippen LogP contribution in [0.3, 0.4) is 0 Å². The van der Waals surface area contributed by atoms with Crippen molar-refractivity contribution in [1.29, 1.82) is 0 Å². The Labute approximate surface area is 89.0 Å². The van der Waals surface area contributed by atoms with Crippen LogP contribution >= 0.6 is 0 Å². The van der Waals surface area contributed by atoms with Gasteiger partial charge in [0.1, 0.15) is 11.9 Å². The lowest BCUT2D eigenvalue weighted by Gasteiger charge is -2.19. The summed E-state index contributed by atoms with van der Waals surface area (Å²) in [5.74, 6) is 0.409. The van der Waals surface area contributed by atoms with Gasteiger partial charge in [0.05, 0.1) is 6.10 Å². The number of likely N-dealkylation sites (N-methyl/N-ethyl adjacent to an activating group) is 1. The second-order valence-corrected chi connectivity index (χ2v) is 3.54. The molecule has 1 aromatic rings. The highest BCUT2D eigenvalue weighted by molar-refractivity contribution is 5.37. The van der Waals surface area contributed by atoms with Crippen molar-refractivity contribution in [3.8, 4) is 0 Å². The van der Waals surface area contributed by atoms with Gasteiger partial charge in [-0.25, -0.2) is 4.98 Å². The number of nitrogens with two attached hydrogens (primary N) is 1. The molecule has 0 bridgehead atoms. The number of pyridine rings is 1. The lowest BCUT2D eigenvalue weighted by atomic mass is 10.0. The molecule has 0 aliphatic heterocycles. The average Bonchev–Trinajstić information content (AvgIpc) is 2.17. The number of hydrogen-bond acceptors (Lipinski definition) is 5. The minimum Gasteiger partial charge on any atom is -0.389 e. The molecule has 5 nitrogen and oxygen atoms in total. The zero-order chi connectivity index (χ0) is 11.4. The summed E-state index contributed by atoms with van der Waals surface area (Å²) in [6, 6.07) is 1.67. The fourth-order valence-corrected chi connectivity index (χ4v) is 1.43. The maximum atomic E-state index is 9.82. The van der Waals surface area contributed by atoms with Gasteiger partial charge >= 0.3 is 0 Å². The van der Waals surface area contributed by atoms with E-state index in [1.807, 2.05) is 6.92 Å². The predicted octanol–water partition coefficient (Wildman–Crippen LogP) is -0.414. The van der Waals surface area contributed by atoms with Gasteiger partial charge in [-0.3, -0.25) is 0 Å². The van der Waals surface area contributed by atoms with Crippen LogP contribution in [0.5, 0.6) is 0 Å². The van der Waals surface area contributed by atoms with Gasteiger partial charge in [0, 0.05) is 18.3 Å². The molecule has 0 fully saturated rings. The van der Waals surface area contributed by atoms with Gasteiger partial charge in [0.2, 0.25) is 0 Å². The molecule has 15 heavy (non-hydrogen) atoms. The number of hydrogen-bond donors (Lipinski definition) is 4. The Morgan fingerprint density at radius 1 is 1.53 bits per heavy atom. The lowest BCUT2D eigenvalue weighted by Crippen LogP contribution is -2.30. The van der Waals surface area contributed by atoms with Gasteiger partial charge in [0.25, 0.3) is 0 Å². The van der Waals surface area contributed by atoms with Gasteiger partial charge in [-0.1, -0.05) is 0 Å². The SMILES string of the molecule is CNCC(O)C(O)c1cnc(N)cc1C. The largest absolute Gasteiger partial charge is 0.389 e. The van der Waals surface area contributed by atoms with Crippen molar-refractivity contribution in [3.63, 3.8) is 0 Å². The van der Waals surface area contributed by atoms with Crippen LogP contribution in [0.4, 0.5) is 5.82 Å². The van der Waals surface area contributed by atoms with Crippen LogP contribution in [0.1, 0.15) is 17.2 Å². The van der Waals surface area contributed by atoms with E-state index in [1.54, 1.807) is 13.1 Å². The van der Waals surface area contributed by atoms with E-state index in [2.05, 4.69) is 10.3 Å². The number of aliphatic hydroxyl groups is 2. The van der Waals surface area contributed by atoms with Crippen LogP contribution in [0.2, 0.25) is 0 Å². The second-order valence-electron chi connectivity index (χ2n) is 3.54. The topological polar surface area (TPSA) is 91.4 Å². The van der Waals surface area contributed by atoms with Crippen molar-refractivity contribution < 1.29 is 10.2 Å². The maximum absolute atomic E-state index is 9.82. The predicted molar refractivity (Wildman–Crippen MR) is 58.3 cm³/mol. The van der Waals surface area contributed by atoms with E-state index in [9.17, 15) is 10.2 Å². The summed E-state index contributed by atoms with van der Waals surface area (Å²) >= 11 is 0. The summed E-state index contributed by atoms with van der Waals surface area (Å²) in [6.45, 7) is 2.15. The molecule has 1 aromatic heterocycles. The van der Waals surface area contributed by atoms with Crippen molar-refractivity contribution in [2.24, 2.45) is 0 Å². The third-order valence-electron chi connectivity index (χ3n) is 2.27. The molecule has 2 atom stereocenters. The minimum atomic E-state index is -0.939. The Balaban J connectivity index is 2.86. The van der Waals surface area contributed by atoms with E-state index in [-0.39, 0.29) is 0 Å². The van der Waals surface area contributed by atoms with Gasteiger partial charge in [-0.15, -0.1) is 0 Å². The summed E-state index contributed by atoms with van der Waals surface area (Å²) < 4.78 is 0. The monoisotopic (exact) mass is 211 g/mol. The molecule has 0 amide bonds. The molecular weight excluding hydrogens is 194 g/mol. The fraction of sp³-hybridized carbons (Fsp3) is 0.500. The molecule has 84 valence electrons. The van der Waals surface area contributed by atoms with Crippen LogP contribution in [0, 0.1) is 6.92 Å². The number of aromatic nitrogens is 1. The number of nitrogen functional groups attached to an aromatic ring is 1. The van der Waals surface area contributed by atoms with Crippen molar-refractivity contribution >= 4 is 5.82 Å². The summed E-state index contributed by atoms with van der Waals surface area (Å²) in [5, 5.41) is 22.2. The first kappa shape index (κ1) is 11.9. The Bertz CT molecular complexity index is 330. The van der Waals surface area contributed by atoms with Gasteiger partial charge in [-0.2, -0.15) is 0 Å². The summed E-state index contributed by atoms with van der Waals surface area (Å²) in [6.07, 6.45) is -0.293. The van der Waals surface area contributed by atoms with Crippen LogP contribution in [0.15, 0.2) is 12.3 Å². The number of nitrogens with zero attached hydrogens (tertiary/aromatic N) is 1. The van der Waals surface area contributed by atoms with Crippen LogP contribution in [-0.4, -0.2) is 34.9 Å². The molecule has 5 heteroatoms. The van der Waals surface area contributed by atoms with Crippen molar-refractivity contribution in [2.75, 3.05) is 19.3 Å². The molecule has 5 N–H and O–H groups in total. The van der Waals surface area contributed by atoms with Gasteiger partial charge in [0.15, 0.2) is 0 Å². The van der Waals surface area contributed by atoms with E-state index in [0.717, 1.165) is 5.56 Å². The van der Waals surface area contributed by atoms with Crippen LogP contribution < -0.4 is 11.1 Å². The van der Waals surface area contributed by atoms with E-state index >= 15 is 0 Å². The zero-order valence-electron chi connectivity index (χ0n) is 8.94. The lowest BCUT2D eigenvalue weighted by molar-refractivity contribution is 0.0197. The van der Waals surface area contributed by atoms with Crippen molar-refractivity contribution in [1.82, 2.24) is 10.3 Å². The standard InChI is InChI=1S/C10H17N3O2/c1-6-3-9(11)13-4-7(6)10(15)8(14)5-12-2/h3-4,8,10,12,14-15H,5H2,1-2H3,(H2,11,13).